The molecule has 2 amide bonds. The zero-order chi connectivity index (χ0) is 25.2. The fraction of sp³-hybridized carbons (Fsp3) is 0.522. The number of nitro groups is 1. The molecule has 0 saturated heterocycles. The van der Waals surface area contributed by atoms with Crippen molar-refractivity contribution in [3.63, 3.8) is 0 Å². The Morgan fingerprint density at radius 1 is 1.00 bits per heavy atom. The van der Waals surface area contributed by atoms with Crippen LogP contribution < -0.4 is 0 Å². The van der Waals surface area contributed by atoms with Crippen LogP contribution in [-0.4, -0.2) is 45.2 Å². The van der Waals surface area contributed by atoms with E-state index in [1.807, 2.05) is 6.07 Å². The quantitative estimate of drug-likeness (QED) is 0.231. The van der Waals surface area contributed by atoms with E-state index in [0.717, 1.165) is 6.20 Å². The SMILES string of the molecule is CC(C)(C)OC(=O)N(C(=O)OC(C)(C)C)C(CC/C=C/[N+](=O)[O-])C(=O)OCc1ccccc1. The number of nitrogens with zero attached hydrogens (tertiary/aromatic N) is 2. The van der Waals surface area contributed by atoms with Crippen LogP contribution in [0.5, 0.6) is 0 Å². The number of rotatable bonds is 8. The molecular formula is C23H32N2O8. The molecule has 10 nitrogen and oxygen atoms in total. The molecule has 1 aromatic carbocycles. The molecule has 182 valence electrons. The summed E-state index contributed by atoms with van der Waals surface area (Å²) < 4.78 is 16.0. The molecule has 33 heavy (non-hydrogen) atoms. The minimum atomic E-state index is -1.42. The molecule has 1 aromatic rings. The van der Waals surface area contributed by atoms with Gasteiger partial charge in [0.25, 0.3) is 0 Å². The number of allylic oxidation sites excluding steroid dienone is 1. The van der Waals surface area contributed by atoms with Crippen LogP contribution in [0, 0.1) is 10.1 Å². The molecule has 0 aliphatic heterocycles. The second kappa shape index (κ2) is 12.0. The minimum absolute atomic E-state index is 0.0220. The van der Waals surface area contributed by atoms with Crippen LogP contribution in [0.2, 0.25) is 0 Å². The summed E-state index contributed by atoms with van der Waals surface area (Å²) in [5.41, 5.74) is -1.21. The highest BCUT2D eigenvalue weighted by Gasteiger charge is 2.40. The standard InChI is InChI=1S/C23H32N2O8/c1-22(2,3)32-20(27)25(21(28)33-23(4,5)6)18(14-10-11-15-24(29)30)19(26)31-16-17-12-8-7-9-13-17/h7-9,11-13,15,18H,10,14,16H2,1-6H3/b15-11+. The van der Waals surface area contributed by atoms with Gasteiger partial charge < -0.3 is 14.2 Å². The fourth-order valence-corrected chi connectivity index (χ4v) is 2.54. The summed E-state index contributed by atoms with van der Waals surface area (Å²) in [5, 5.41) is 10.6. The van der Waals surface area contributed by atoms with Gasteiger partial charge in [0.2, 0.25) is 6.20 Å². The van der Waals surface area contributed by atoms with Gasteiger partial charge in [-0.05, 0) is 66.0 Å². The van der Waals surface area contributed by atoms with Gasteiger partial charge in [0.05, 0.1) is 4.92 Å². The number of imide groups is 1. The highest BCUT2D eigenvalue weighted by Crippen LogP contribution is 2.20. The Kier molecular flexibility index (Phi) is 10.0. The maximum Gasteiger partial charge on any atom is 0.420 e. The van der Waals surface area contributed by atoms with Crippen molar-refractivity contribution in [3.05, 3.63) is 58.3 Å². The molecule has 1 atom stereocenters. The normalized spacial score (nSPS) is 12.7. The van der Waals surface area contributed by atoms with Gasteiger partial charge in [-0.2, -0.15) is 4.90 Å². The van der Waals surface area contributed by atoms with E-state index in [2.05, 4.69) is 0 Å². The van der Waals surface area contributed by atoms with Crippen molar-refractivity contribution in [1.82, 2.24) is 4.90 Å². The van der Waals surface area contributed by atoms with E-state index >= 15 is 0 Å². The molecule has 0 spiro atoms. The van der Waals surface area contributed by atoms with Gasteiger partial charge >= 0.3 is 18.2 Å². The fourth-order valence-electron chi connectivity index (χ4n) is 2.54. The van der Waals surface area contributed by atoms with Crippen LogP contribution in [0.25, 0.3) is 0 Å². The second-order valence-electron chi connectivity index (χ2n) is 9.19. The third kappa shape index (κ3) is 11.1. The first-order valence-corrected chi connectivity index (χ1v) is 10.5. The smallest absolute Gasteiger partial charge is 0.420 e. The molecule has 0 aliphatic carbocycles. The van der Waals surface area contributed by atoms with Gasteiger partial charge in [-0.1, -0.05) is 30.3 Å². The van der Waals surface area contributed by atoms with Crippen molar-refractivity contribution in [2.75, 3.05) is 0 Å². The van der Waals surface area contributed by atoms with E-state index in [1.54, 1.807) is 65.8 Å². The number of hydrogen-bond acceptors (Lipinski definition) is 8. The topological polar surface area (TPSA) is 125 Å². The highest BCUT2D eigenvalue weighted by molar-refractivity contribution is 5.94. The van der Waals surface area contributed by atoms with Gasteiger partial charge in [0.15, 0.2) is 0 Å². The maximum atomic E-state index is 13.0. The summed E-state index contributed by atoms with van der Waals surface area (Å²) in [5.74, 6) is -0.870. The van der Waals surface area contributed by atoms with Gasteiger partial charge in [-0.15, -0.1) is 0 Å². The molecule has 1 unspecified atom stereocenters. The molecule has 0 aliphatic rings. The Morgan fingerprint density at radius 2 is 1.52 bits per heavy atom. The maximum absolute atomic E-state index is 13.0. The van der Waals surface area contributed by atoms with Crippen molar-refractivity contribution >= 4 is 18.2 Å². The predicted octanol–water partition coefficient (Wildman–Crippen LogP) is 4.84. The minimum Gasteiger partial charge on any atom is -0.459 e. The predicted molar refractivity (Wildman–Crippen MR) is 120 cm³/mol. The Labute approximate surface area is 193 Å². The van der Waals surface area contributed by atoms with Gasteiger partial charge in [0.1, 0.15) is 23.9 Å². The molecule has 0 aromatic heterocycles. The summed E-state index contributed by atoms with van der Waals surface area (Å²) in [6.07, 6.45) is -0.337. The third-order valence-corrected chi connectivity index (χ3v) is 3.82. The number of esters is 1. The monoisotopic (exact) mass is 464 g/mol. The summed E-state index contributed by atoms with van der Waals surface area (Å²) >= 11 is 0. The molecule has 0 heterocycles. The largest absolute Gasteiger partial charge is 0.459 e. The molecule has 0 radical (unpaired) electrons. The van der Waals surface area contributed by atoms with Crippen LogP contribution in [0.15, 0.2) is 42.6 Å². The molecule has 10 heteroatoms. The first-order chi connectivity index (χ1) is 15.2. The van der Waals surface area contributed by atoms with Crippen LogP contribution in [-0.2, 0) is 25.6 Å². The Bertz CT molecular complexity index is 825. The molecule has 0 N–H and O–H groups in total. The highest BCUT2D eigenvalue weighted by atomic mass is 16.6. The lowest BCUT2D eigenvalue weighted by Gasteiger charge is -2.32. The van der Waals surface area contributed by atoms with E-state index in [4.69, 9.17) is 14.2 Å². The van der Waals surface area contributed by atoms with Crippen molar-refractivity contribution in [3.8, 4) is 0 Å². The average molecular weight is 465 g/mol. The molecule has 0 bridgehead atoms. The number of amides is 2. The number of ether oxygens (including phenoxy) is 3. The van der Waals surface area contributed by atoms with Crippen molar-refractivity contribution < 1.29 is 33.5 Å². The van der Waals surface area contributed by atoms with Crippen molar-refractivity contribution in [2.24, 2.45) is 0 Å². The van der Waals surface area contributed by atoms with E-state index < -0.39 is 40.3 Å². The number of hydrogen-bond donors (Lipinski definition) is 0. The number of carbonyl (C=O) groups excluding carboxylic acids is 3. The second-order valence-corrected chi connectivity index (χ2v) is 9.19. The summed E-state index contributed by atoms with van der Waals surface area (Å²) in [6, 6.07) is 7.44. The molecule has 0 fully saturated rings. The van der Waals surface area contributed by atoms with Gasteiger partial charge in [-0.3, -0.25) is 10.1 Å². The van der Waals surface area contributed by atoms with Crippen LogP contribution in [0.3, 0.4) is 0 Å². The zero-order valence-electron chi connectivity index (χ0n) is 19.9. The summed E-state index contributed by atoms with van der Waals surface area (Å²) in [7, 11) is 0. The van der Waals surface area contributed by atoms with Crippen LogP contribution in [0.4, 0.5) is 9.59 Å². The van der Waals surface area contributed by atoms with Crippen LogP contribution in [0.1, 0.15) is 59.9 Å². The summed E-state index contributed by atoms with van der Waals surface area (Å²) in [6.45, 7) is 9.59. The molecule has 0 saturated carbocycles. The first kappa shape index (κ1) is 27.6. The Balaban J connectivity index is 3.23. The van der Waals surface area contributed by atoms with Gasteiger partial charge in [0, 0.05) is 0 Å². The Hall–Kier alpha value is -3.43. The zero-order valence-corrected chi connectivity index (χ0v) is 19.9. The van der Waals surface area contributed by atoms with Gasteiger partial charge in [-0.25, -0.2) is 14.4 Å². The van der Waals surface area contributed by atoms with Crippen molar-refractivity contribution in [2.45, 2.75) is 78.2 Å². The lowest BCUT2D eigenvalue weighted by molar-refractivity contribution is -0.402. The lowest BCUT2D eigenvalue weighted by atomic mass is 10.1. The van der Waals surface area contributed by atoms with E-state index in [0.29, 0.717) is 10.5 Å². The molecule has 1 rings (SSSR count). The molecular weight excluding hydrogens is 432 g/mol. The van der Waals surface area contributed by atoms with E-state index in [-0.39, 0.29) is 19.4 Å². The van der Waals surface area contributed by atoms with Crippen molar-refractivity contribution in [1.29, 1.82) is 0 Å². The van der Waals surface area contributed by atoms with Crippen LogP contribution >= 0.6 is 0 Å². The van der Waals surface area contributed by atoms with E-state index in [9.17, 15) is 24.5 Å². The lowest BCUT2D eigenvalue weighted by Crippen LogP contribution is -2.52. The third-order valence-electron chi connectivity index (χ3n) is 3.82. The Morgan fingerprint density at radius 3 is 1.97 bits per heavy atom. The number of benzene rings is 1. The van der Waals surface area contributed by atoms with E-state index in [1.165, 1.54) is 6.08 Å². The number of carbonyl (C=O) groups is 3. The average Bonchev–Trinajstić information content (AvgIpc) is 2.66. The summed E-state index contributed by atoms with van der Waals surface area (Å²) in [4.78, 5) is 49.3. The first-order valence-electron chi connectivity index (χ1n) is 10.5.